The number of rotatable bonds is 2. The molecule has 0 spiro atoms. The Balaban J connectivity index is 0.000000851. The first kappa shape index (κ1) is 29.9. The van der Waals surface area contributed by atoms with Gasteiger partial charge in [-0.05, 0) is 70.2 Å². The van der Waals surface area contributed by atoms with E-state index >= 15 is 0 Å². The summed E-state index contributed by atoms with van der Waals surface area (Å²) in [5.41, 5.74) is 1.96. The van der Waals surface area contributed by atoms with Crippen molar-refractivity contribution in [1.82, 2.24) is 0 Å². The summed E-state index contributed by atoms with van der Waals surface area (Å²) in [7, 11) is 8.48. The summed E-state index contributed by atoms with van der Waals surface area (Å²) in [4.78, 5) is 3.20. The Bertz CT molecular complexity index is 607. The molecule has 30 heavy (non-hydrogen) atoms. The van der Waals surface area contributed by atoms with Crippen LogP contribution >= 0.6 is 40.5 Å². The summed E-state index contributed by atoms with van der Waals surface area (Å²) >= 11 is 3.66. The van der Waals surface area contributed by atoms with Gasteiger partial charge in [0.1, 0.15) is 0 Å². The molecule has 8 atom stereocenters. The van der Waals surface area contributed by atoms with E-state index in [1.165, 1.54) is 0 Å². The topological polar surface area (TPSA) is 0 Å². The summed E-state index contributed by atoms with van der Waals surface area (Å²) in [6, 6.07) is 0. The second-order valence-corrected chi connectivity index (χ2v) is 21.8. The second-order valence-electron chi connectivity index (χ2n) is 10.3. The quantitative estimate of drug-likeness (QED) is 0.234. The molecule has 0 aromatic heterocycles. The SMILES string of the molecule is CC1=CC2C3C=C(C)SC3C([Si](C)(C)C3C(C)C(C)C(C)C3C)C2S1.[CH3-].[CH3-].[Cl][Zr+2][Cl]. The van der Waals surface area contributed by atoms with Crippen LogP contribution < -0.4 is 0 Å². The molecule has 6 heteroatoms. The Morgan fingerprint density at radius 2 is 1.07 bits per heavy atom. The maximum absolute atomic E-state index is 4.93. The summed E-state index contributed by atoms with van der Waals surface area (Å²) in [6.07, 6.45) is 5.28. The van der Waals surface area contributed by atoms with Crippen LogP contribution in [0.3, 0.4) is 0 Å². The standard InChI is InChI=1S/C22H36S2Si.2CH3.2ClH.Zr/c1-11-9-17-18-10-12(2)24-20(18)22(19(17)23-11)25(7,8)21-15(5)13(3)14(4)16(21)6;;;;;/h9-10,13-22H,1-8H3;2*1H3;2*1H;/q;2*-1;;;+4/p-2. The van der Waals surface area contributed by atoms with E-state index in [9.17, 15) is 0 Å². The van der Waals surface area contributed by atoms with Crippen molar-refractivity contribution in [2.75, 3.05) is 0 Å². The van der Waals surface area contributed by atoms with Crippen molar-refractivity contribution in [1.29, 1.82) is 0 Å². The van der Waals surface area contributed by atoms with Gasteiger partial charge in [0.25, 0.3) is 0 Å². The van der Waals surface area contributed by atoms with Gasteiger partial charge in [-0.3, -0.25) is 0 Å². The van der Waals surface area contributed by atoms with Crippen LogP contribution in [0.15, 0.2) is 22.0 Å². The Morgan fingerprint density at radius 1 is 0.733 bits per heavy atom. The molecule has 2 fully saturated rings. The monoisotopic (exact) mass is 582 g/mol. The van der Waals surface area contributed by atoms with Gasteiger partial charge in [0.15, 0.2) is 0 Å². The third kappa shape index (κ3) is 5.10. The van der Waals surface area contributed by atoms with Crippen LogP contribution in [-0.2, 0) is 20.8 Å². The van der Waals surface area contributed by atoms with Crippen LogP contribution in [0.1, 0.15) is 41.5 Å². The molecule has 2 saturated carbocycles. The van der Waals surface area contributed by atoms with Crippen molar-refractivity contribution in [3.63, 3.8) is 0 Å². The first-order chi connectivity index (χ1) is 13.1. The molecule has 2 aliphatic heterocycles. The minimum absolute atomic E-state index is 0. The summed E-state index contributed by atoms with van der Waals surface area (Å²) in [5.74, 6) is 5.24. The zero-order valence-electron chi connectivity index (χ0n) is 20.5. The van der Waals surface area contributed by atoms with Gasteiger partial charge in [0.05, 0.1) is 8.07 Å². The van der Waals surface area contributed by atoms with Crippen LogP contribution in [0, 0.1) is 50.4 Å². The Labute approximate surface area is 216 Å². The van der Waals surface area contributed by atoms with Gasteiger partial charge < -0.3 is 14.9 Å². The number of hydrogen-bond acceptors (Lipinski definition) is 2. The molecule has 0 aromatic rings. The van der Waals surface area contributed by atoms with E-state index in [1.807, 2.05) is 0 Å². The van der Waals surface area contributed by atoms with Crippen molar-refractivity contribution >= 4 is 48.6 Å². The average molecular weight is 585 g/mol. The molecule has 4 aliphatic rings. The fourth-order valence-corrected chi connectivity index (χ4v) is 18.7. The van der Waals surface area contributed by atoms with Crippen LogP contribution in [0.5, 0.6) is 0 Å². The van der Waals surface area contributed by atoms with Crippen LogP contribution in [0.25, 0.3) is 0 Å². The van der Waals surface area contributed by atoms with Gasteiger partial charge in [-0.1, -0.05) is 52.9 Å². The van der Waals surface area contributed by atoms with Gasteiger partial charge in [-0.25, -0.2) is 0 Å². The van der Waals surface area contributed by atoms with Crippen LogP contribution in [0.4, 0.5) is 0 Å². The summed E-state index contributed by atoms with van der Waals surface area (Å²) in [6.45, 7) is 20.5. The molecule has 0 saturated heterocycles. The zero-order chi connectivity index (χ0) is 21.0. The molecule has 2 heterocycles. The van der Waals surface area contributed by atoms with Gasteiger partial charge in [0.2, 0.25) is 0 Å². The van der Waals surface area contributed by atoms with E-state index in [2.05, 4.69) is 90.3 Å². The van der Waals surface area contributed by atoms with Crippen LogP contribution in [0.2, 0.25) is 24.2 Å². The van der Waals surface area contributed by atoms with E-state index in [0.29, 0.717) is 0 Å². The number of halogens is 2. The average Bonchev–Trinajstić information content (AvgIpc) is 3.26. The fraction of sp³-hybridized carbons (Fsp3) is 0.750. The van der Waals surface area contributed by atoms with Crippen molar-refractivity contribution < 1.29 is 20.8 Å². The molecule has 0 bridgehead atoms. The van der Waals surface area contributed by atoms with Gasteiger partial charge in [-0.2, -0.15) is 0 Å². The Hall–Kier alpha value is 1.86. The third-order valence-corrected chi connectivity index (χ3v) is 17.2. The molecule has 4 rings (SSSR count). The molecular weight excluding hydrogens is 543 g/mol. The molecule has 0 N–H and O–H groups in total. The summed E-state index contributed by atoms with van der Waals surface area (Å²) in [5, 5.41) is 1.75. The minimum atomic E-state index is -1.39. The fourth-order valence-electron chi connectivity index (χ4n) is 7.38. The van der Waals surface area contributed by atoms with Crippen molar-refractivity contribution in [3.8, 4) is 0 Å². The number of hydrogen-bond donors (Lipinski definition) is 0. The van der Waals surface area contributed by atoms with Gasteiger partial charge >= 0.3 is 37.9 Å². The second kappa shape index (κ2) is 11.5. The number of allylic oxidation sites excluding steroid dienone is 4. The molecule has 0 nitrogen and oxygen atoms in total. The maximum atomic E-state index is 4.93. The molecule has 0 aromatic carbocycles. The molecular formula is C24H42Cl2S2SiZr. The number of fused-ring (bicyclic) bond motifs is 3. The van der Waals surface area contributed by atoms with Crippen molar-refractivity contribution in [2.24, 2.45) is 35.5 Å². The Morgan fingerprint density at radius 3 is 1.40 bits per heavy atom. The number of thioether (sulfide) groups is 2. The summed E-state index contributed by atoms with van der Waals surface area (Å²) < 4.78 is 0. The van der Waals surface area contributed by atoms with E-state index in [0.717, 1.165) is 57.1 Å². The van der Waals surface area contributed by atoms with Gasteiger partial charge in [0, 0.05) is 10.5 Å². The Kier molecular flexibility index (Phi) is 11.5. The molecule has 2 aliphatic carbocycles. The van der Waals surface area contributed by atoms with Gasteiger partial charge in [-0.15, -0.1) is 23.5 Å². The molecule has 172 valence electrons. The van der Waals surface area contributed by atoms with Crippen molar-refractivity contribution in [3.05, 3.63) is 36.8 Å². The molecule has 0 amide bonds. The molecule has 8 unspecified atom stereocenters. The van der Waals surface area contributed by atoms with Crippen molar-refractivity contribution in [2.45, 2.75) is 76.2 Å². The predicted octanol–water partition coefficient (Wildman–Crippen LogP) is 9.55. The first-order valence-corrected chi connectivity index (χ1v) is 22.0. The van der Waals surface area contributed by atoms with E-state index in [1.54, 1.807) is 9.81 Å². The van der Waals surface area contributed by atoms with Crippen LogP contribution in [-0.4, -0.2) is 18.6 Å². The van der Waals surface area contributed by atoms with E-state index in [-0.39, 0.29) is 14.9 Å². The normalized spacial score (nSPS) is 43.8. The zero-order valence-corrected chi connectivity index (χ0v) is 27.1. The predicted molar refractivity (Wildman–Crippen MR) is 143 cm³/mol. The first-order valence-electron chi connectivity index (χ1n) is 10.7. The molecule has 0 radical (unpaired) electrons. The van der Waals surface area contributed by atoms with E-state index < -0.39 is 28.9 Å². The third-order valence-electron chi connectivity index (χ3n) is 8.75. The van der Waals surface area contributed by atoms with E-state index in [4.69, 9.17) is 17.0 Å².